The standard InChI is InChI=1S/C8H6BrIO2/c9-7-4-6(10)2-1-5(7)3-8(11)12/h1-2,4H,3H2,(H,11,12). The summed E-state index contributed by atoms with van der Waals surface area (Å²) in [5, 5.41) is 8.54. The summed E-state index contributed by atoms with van der Waals surface area (Å²) in [6.07, 6.45) is 0.0670. The van der Waals surface area contributed by atoms with Crippen molar-refractivity contribution in [2.45, 2.75) is 6.42 Å². The fraction of sp³-hybridized carbons (Fsp3) is 0.125. The smallest absolute Gasteiger partial charge is 0.307 e. The number of carbonyl (C=O) groups is 1. The van der Waals surface area contributed by atoms with Crippen LogP contribution in [0.15, 0.2) is 22.7 Å². The number of hydrogen-bond acceptors (Lipinski definition) is 1. The third kappa shape index (κ3) is 2.75. The molecule has 1 aromatic rings. The van der Waals surface area contributed by atoms with Gasteiger partial charge >= 0.3 is 5.97 Å². The van der Waals surface area contributed by atoms with Gasteiger partial charge in [0.2, 0.25) is 0 Å². The van der Waals surface area contributed by atoms with Crippen molar-refractivity contribution in [3.05, 3.63) is 31.8 Å². The van der Waals surface area contributed by atoms with Crippen molar-refractivity contribution in [1.82, 2.24) is 0 Å². The van der Waals surface area contributed by atoms with Crippen LogP contribution in [0.5, 0.6) is 0 Å². The summed E-state index contributed by atoms with van der Waals surface area (Å²) in [6.45, 7) is 0. The number of carboxylic acids is 1. The first kappa shape index (κ1) is 9.98. The molecule has 0 fully saturated rings. The molecule has 0 saturated carbocycles. The van der Waals surface area contributed by atoms with Crippen LogP contribution in [0.4, 0.5) is 0 Å². The van der Waals surface area contributed by atoms with Gasteiger partial charge in [0.25, 0.3) is 0 Å². The number of hydrogen-bond donors (Lipinski definition) is 1. The molecule has 0 aliphatic carbocycles. The second kappa shape index (κ2) is 4.23. The van der Waals surface area contributed by atoms with E-state index >= 15 is 0 Å². The molecule has 0 spiro atoms. The summed E-state index contributed by atoms with van der Waals surface area (Å²) in [7, 11) is 0. The molecule has 0 saturated heterocycles. The second-order valence-electron chi connectivity index (χ2n) is 2.31. The predicted molar refractivity (Wildman–Crippen MR) is 58.2 cm³/mol. The SMILES string of the molecule is O=C(O)Cc1ccc(I)cc1Br. The van der Waals surface area contributed by atoms with Gasteiger partial charge in [0.05, 0.1) is 6.42 Å². The summed E-state index contributed by atoms with van der Waals surface area (Å²) in [5.41, 5.74) is 0.808. The molecule has 1 aromatic carbocycles. The maximum Gasteiger partial charge on any atom is 0.307 e. The molecule has 2 nitrogen and oxygen atoms in total. The summed E-state index contributed by atoms with van der Waals surface area (Å²) in [5.74, 6) is -0.808. The van der Waals surface area contributed by atoms with Crippen LogP contribution < -0.4 is 0 Å². The molecule has 0 unspecified atom stereocenters. The molecule has 1 rings (SSSR count). The highest BCUT2D eigenvalue weighted by molar-refractivity contribution is 14.1. The largest absolute Gasteiger partial charge is 0.481 e. The van der Waals surface area contributed by atoms with Gasteiger partial charge < -0.3 is 5.11 Å². The highest BCUT2D eigenvalue weighted by Crippen LogP contribution is 2.20. The lowest BCUT2D eigenvalue weighted by Crippen LogP contribution is -2.00. The van der Waals surface area contributed by atoms with E-state index in [9.17, 15) is 4.79 Å². The van der Waals surface area contributed by atoms with E-state index < -0.39 is 5.97 Å². The van der Waals surface area contributed by atoms with Crippen molar-refractivity contribution in [2.75, 3.05) is 0 Å². The lowest BCUT2D eigenvalue weighted by Gasteiger charge is -2.00. The van der Waals surface area contributed by atoms with Crippen LogP contribution in [0.1, 0.15) is 5.56 Å². The van der Waals surface area contributed by atoms with E-state index in [0.29, 0.717) is 0 Å². The third-order valence-electron chi connectivity index (χ3n) is 1.36. The maximum atomic E-state index is 10.4. The van der Waals surface area contributed by atoms with Crippen LogP contribution in [0.3, 0.4) is 0 Å². The monoisotopic (exact) mass is 340 g/mol. The Labute approximate surface area is 92.2 Å². The van der Waals surface area contributed by atoms with Crippen LogP contribution in [-0.2, 0) is 11.2 Å². The molecule has 0 heterocycles. The number of rotatable bonds is 2. The fourth-order valence-corrected chi connectivity index (χ4v) is 2.27. The number of aliphatic carboxylic acids is 1. The molecular weight excluding hydrogens is 335 g/mol. The van der Waals surface area contributed by atoms with Crippen molar-refractivity contribution >= 4 is 44.5 Å². The lowest BCUT2D eigenvalue weighted by molar-refractivity contribution is -0.136. The number of halogens is 2. The zero-order valence-corrected chi connectivity index (χ0v) is 9.79. The molecule has 12 heavy (non-hydrogen) atoms. The van der Waals surface area contributed by atoms with Crippen LogP contribution in [0.2, 0.25) is 0 Å². The molecule has 0 amide bonds. The van der Waals surface area contributed by atoms with E-state index in [1.807, 2.05) is 18.2 Å². The molecule has 0 aromatic heterocycles. The zero-order chi connectivity index (χ0) is 9.14. The van der Waals surface area contributed by atoms with Crippen molar-refractivity contribution in [1.29, 1.82) is 0 Å². The van der Waals surface area contributed by atoms with Crippen molar-refractivity contribution < 1.29 is 9.90 Å². The zero-order valence-electron chi connectivity index (χ0n) is 6.05. The topological polar surface area (TPSA) is 37.3 Å². The first-order chi connectivity index (χ1) is 5.59. The van der Waals surface area contributed by atoms with Gasteiger partial charge in [0.1, 0.15) is 0 Å². The van der Waals surface area contributed by atoms with Gasteiger partial charge in [0.15, 0.2) is 0 Å². The molecule has 64 valence electrons. The molecule has 0 aliphatic heterocycles. The van der Waals surface area contributed by atoms with Crippen molar-refractivity contribution in [3.8, 4) is 0 Å². The summed E-state index contributed by atoms with van der Waals surface area (Å²) >= 11 is 5.49. The lowest BCUT2D eigenvalue weighted by atomic mass is 10.2. The molecule has 1 N–H and O–H groups in total. The Hall–Kier alpha value is -0.100. The molecule has 0 bridgehead atoms. The highest BCUT2D eigenvalue weighted by atomic mass is 127. The van der Waals surface area contributed by atoms with Crippen LogP contribution in [-0.4, -0.2) is 11.1 Å². The van der Waals surface area contributed by atoms with Gasteiger partial charge in [-0.15, -0.1) is 0 Å². The van der Waals surface area contributed by atoms with Crippen LogP contribution >= 0.6 is 38.5 Å². The van der Waals surface area contributed by atoms with E-state index in [0.717, 1.165) is 13.6 Å². The van der Waals surface area contributed by atoms with E-state index in [4.69, 9.17) is 5.11 Å². The van der Waals surface area contributed by atoms with Crippen molar-refractivity contribution in [2.24, 2.45) is 0 Å². The molecule has 0 radical (unpaired) electrons. The van der Waals surface area contributed by atoms with Gasteiger partial charge in [-0.2, -0.15) is 0 Å². The average molecular weight is 341 g/mol. The van der Waals surface area contributed by atoms with E-state index in [1.54, 1.807) is 0 Å². The average Bonchev–Trinajstić information content (AvgIpc) is 1.94. The third-order valence-corrected chi connectivity index (χ3v) is 2.77. The second-order valence-corrected chi connectivity index (χ2v) is 4.41. The molecule has 0 atom stereocenters. The van der Waals surface area contributed by atoms with Crippen molar-refractivity contribution in [3.63, 3.8) is 0 Å². The first-order valence-corrected chi connectivity index (χ1v) is 5.12. The summed E-state index contributed by atoms with van der Waals surface area (Å²) < 4.78 is 1.95. The quantitative estimate of drug-likeness (QED) is 0.840. The Balaban J connectivity index is 2.93. The summed E-state index contributed by atoms with van der Waals surface area (Å²) in [6, 6.07) is 5.61. The first-order valence-electron chi connectivity index (χ1n) is 3.25. The Morgan fingerprint density at radius 1 is 1.58 bits per heavy atom. The molecule has 0 aliphatic rings. The molecule has 4 heteroatoms. The van der Waals surface area contributed by atoms with E-state index in [1.165, 1.54) is 0 Å². The number of carboxylic acid groups (broad SMARTS) is 1. The van der Waals surface area contributed by atoms with Gasteiger partial charge in [-0.1, -0.05) is 22.0 Å². The van der Waals surface area contributed by atoms with Crippen LogP contribution in [0, 0.1) is 3.57 Å². The van der Waals surface area contributed by atoms with Crippen LogP contribution in [0.25, 0.3) is 0 Å². The predicted octanol–water partition coefficient (Wildman–Crippen LogP) is 2.68. The van der Waals surface area contributed by atoms with Gasteiger partial charge in [-0.3, -0.25) is 4.79 Å². The minimum atomic E-state index is -0.808. The highest BCUT2D eigenvalue weighted by Gasteiger charge is 2.04. The minimum absolute atomic E-state index is 0.0670. The number of benzene rings is 1. The van der Waals surface area contributed by atoms with Gasteiger partial charge in [-0.25, -0.2) is 0 Å². The Morgan fingerprint density at radius 3 is 2.75 bits per heavy atom. The molecular formula is C8H6BrIO2. The maximum absolute atomic E-state index is 10.4. The fourth-order valence-electron chi connectivity index (χ4n) is 0.828. The Bertz CT molecular complexity index is 312. The Kier molecular flexibility index (Phi) is 3.52. The summed E-state index contributed by atoms with van der Waals surface area (Å²) in [4.78, 5) is 10.4. The van der Waals surface area contributed by atoms with E-state index in [2.05, 4.69) is 38.5 Å². The Morgan fingerprint density at radius 2 is 2.25 bits per heavy atom. The minimum Gasteiger partial charge on any atom is -0.481 e. The normalized spacial score (nSPS) is 9.83. The van der Waals surface area contributed by atoms with Gasteiger partial charge in [-0.05, 0) is 40.3 Å². The van der Waals surface area contributed by atoms with E-state index in [-0.39, 0.29) is 6.42 Å². The van der Waals surface area contributed by atoms with Gasteiger partial charge in [0, 0.05) is 8.04 Å².